The predicted octanol–water partition coefficient (Wildman–Crippen LogP) is 10.4. The number of ether oxygens (including phenoxy) is 2. The van der Waals surface area contributed by atoms with E-state index in [1.54, 1.807) is 0 Å². The highest BCUT2D eigenvalue weighted by Gasteiger charge is 2.39. The first-order valence-electron chi connectivity index (χ1n) is 20.1. The van der Waals surface area contributed by atoms with Crippen molar-refractivity contribution in [2.24, 2.45) is 5.92 Å². The molecule has 0 radical (unpaired) electrons. The lowest BCUT2D eigenvalue weighted by atomic mass is 9.89. The molecule has 3 aromatic carbocycles. The van der Waals surface area contributed by atoms with Gasteiger partial charge in [0, 0.05) is 36.2 Å². The van der Waals surface area contributed by atoms with Crippen LogP contribution in [0.5, 0.6) is 0 Å². The Morgan fingerprint density at radius 2 is 1.40 bits per heavy atom. The zero-order chi connectivity index (χ0) is 37.1. The van der Waals surface area contributed by atoms with Crippen LogP contribution in [0.1, 0.15) is 151 Å². The average Bonchev–Trinajstić information content (AvgIpc) is 3.17. The highest BCUT2D eigenvalue weighted by Crippen LogP contribution is 2.42. The molecular formula is C45H66N2O5. The van der Waals surface area contributed by atoms with Crippen molar-refractivity contribution in [3.63, 3.8) is 0 Å². The third-order valence-corrected chi connectivity index (χ3v) is 10.8. The fourth-order valence-electron chi connectivity index (χ4n) is 7.24. The number of carbonyl (C=O) groups excluding carboxylic acids is 1. The van der Waals surface area contributed by atoms with Crippen molar-refractivity contribution < 1.29 is 24.5 Å². The molecule has 0 saturated carbocycles. The second-order valence-electron chi connectivity index (χ2n) is 15.0. The number of nitrogens with one attached hydrogen (secondary N) is 1. The van der Waals surface area contributed by atoms with Gasteiger partial charge in [0.1, 0.15) is 0 Å². The van der Waals surface area contributed by atoms with Crippen molar-refractivity contribution in [1.82, 2.24) is 4.90 Å². The first-order chi connectivity index (χ1) is 25.3. The third-order valence-electron chi connectivity index (χ3n) is 10.8. The second-order valence-corrected chi connectivity index (χ2v) is 15.0. The molecule has 1 aliphatic heterocycles. The molecule has 1 amide bonds. The fraction of sp³-hybridized carbons (Fsp3) is 0.578. The van der Waals surface area contributed by atoms with E-state index in [9.17, 15) is 15.0 Å². The summed E-state index contributed by atoms with van der Waals surface area (Å²) in [6.45, 7) is 7.02. The molecule has 0 aromatic heterocycles. The SMILES string of the molecule is CCCCCCCCCCCCCCCC(=O)Nc1cccc(C2OC(CN(C)C(C)C(O)c3ccccc3)C(C)C(c3ccc(CO)cc3)O2)c1. The van der Waals surface area contributed by atoms with Crippen LogP contribution in [0.15, 0.2) is 78.9 Å². The summed E-state index contributed by atoms with van der Waals surface area (Å²) < 4.78 is 13.4. The number of amides is 1. The Bertz CT molecular complexity index is 1420. The molecule has 3 N–H and O–H groups in total. The lowest BCUT2D eigenvalue weighted by molar-refractivity contribution is -0.276. The Balaban J connectivity index is 1.31. The van der Waals surface area contributed by atoms with Gasteiger partial charge in [-0.2, -0.15) is 0 Å². The van der Waals surface area contributed by atoms with Crippen molar-refractivity contribution in [2.75, 3.05) is 18.9 Å². The highest BCUT2D eigenvalue weighted by atomic mass is 16.7. The van der Waals surface area contributed by atoms with E-state index in [-0.39, 0.29) is 36.7 Å². The first kappa shape index (κ1) is 41.7. The molecule has 4 rings (SSSR count). The molecule has 52 heavy (non-hydrogen) atoms. The molecule has 0 aliphatic carbocycles. The lowest BCUT2D eigenvalue weighted by Crippen LogP contribution is -2.46. The molecular weight excluding hydrogens is 649 g/mol. The molecule has 1 heterocycles. The number of nitrogens with zero attached hydrogens (tertiary/aromatic N) is 1. The standard InChI is InChI=1S/C45H66N2O5/c1-5-6-7-8-9-10-11-12-13-14-15-16-20-26-42(49)46-40-25-21-24-39(31-40)45-51-41(32-47(4)35(3)43(50)37-22-18-17-19-23-37)34(2)44(52-45)38-29-27-36(33-48)28-30-38/h17-19,21-25,27-31,34-35,41,43-45,48,50H,5-16,20,26,32-33H2,1-4H3,(H,46,49). The molecule has 7 heteroatoms. The van der Waals surface area contributed by atoms with Crippen molar-refractivity contribution in [1.29, 1.82) is 0 Å². The highest BCUT2D eigenvalue weighted by molar-refractivity contribution is 5.90. The maximum absolute atomic E-state index is 12.9. The van der Waals surface area contributed by atoms with E-state index in [0.717, 1.165) is 40.8 Å². The molecule has 0 bridgehead atoms. The molecule has 1 aliphatic rings. The van der Waals surface area contributed by atoms with Crippen LogP contribution < -0.4 is 5.32 Å². The van der Waals surface area contributed by atoms with Crippen molar-refractivity contribution >= 4 is 11.6 Å². The van der Waals surface area contributed by atoms with E-state index >= 15 is 0 Å². The van der Waals surface area contributed by atoms with Gasteiger partial charge in [0.15, 0.2) is 6.29 Å². The largest absolute Gasteiger partial charge is 0.392 e. The summed E-state index contributed by atoms with van der Waals surface area (Å²) >= 11 is 0. The van der Waals surface area contributed by atoms with Gasteiger partial charge in [0.25, 0.3) is 0 Å². The van der Waals surface area contributed by atoms with Crippen LogP contribution in [0.4, 0.5) is 5.69 Å². The summed E-state index contributed by atoms with van der Waals surface area (Å²) in [5.74, 6) is 0.0367. The van der Waals surface area contributed by atoms with Gasteiger partial charge in [-0.3, -0.25) is 9.69 Å². The maximum Gasteiger partial charge on any atom is 0.224 e. The van der Waals surface area contributed by atoms with Gasteiger partial charge in [0.05, 0.1) is 24.9 Å². The number of unbranched alkanes of at least 4 members (excludes halogenated alkanes) is 12. The number of benzene rings is 3. The van der Waals surface area contributed by atoms with E-state index < -0.39 is 12.4 Å². The van der Waals surface area contributed by atoms with Crippen LogP contribution in [-0.2, 0) is 20.9 Å². The van der Waals surface area contributed by atoms with Crippen molar-refractivity contribution in [2.45, 2.75) is 148 Å². The Morgan fingerprint density at radius 3 is 2.02 bits per heavy atom. The Labute approximate surface area is 314 Å². The molecule has 6 unspecified atom stereocenters. The average molecular weight is 715 g/mol. The smallest absolute Gasteiger partial charge is 0.224 e. The van der Waals surface area contributed by atoms with Gasteiger partial charge in [-0.1, -0.05) is 158 Å². The normalized spacial score (nSPS) is 20.1. The van der Waals surface area contributed by atoms with Crippen LogP contribution in [0, 0.1) is 5.92 Å². The Hall–Kier alpha value is -3.07. The van der Waals surface area contributed by atoms with Crippen molar-refractivity contribution in [3.8, 4) is 0 Å². The zero-order valence-corrected chi connectivity index (χ0v) is 32.3. The minimum Gasteiger partial charge on any atom is -0.392 e. The quantitative estimate of drug-likeness (QED) is 0.0847. The summed E-state index contributed by atoms with van der Waals surface area (Å²) in [5, 5.41) is 23.9. The lowest BCUT2D eigenvalue weighted by Gasteiger charge is -2.43. The molecule has 7 nitrogen and oxygen atoms in total. The van der Waals surface area contributed by atoms with E-state index in [1.165, 1.54) is 70.6 Å². The summed E-state index contributed by atoms with van der Waals surface area (Å²) in [5.41, 5.74) is 4.33. The molecule has 1 fully saturated rings. The number of hydrogen-bond donors (Lipinski definition) is 3. The van der Waals surface area contributed by atoms with Crippen LogP contribution in [-0.4, -0.2) is 46.8 Å². The topological polar surface area (TPSA) is 91.3 Å². The van der Waals surface area contributed by atoms with Crippen molar-refractivity contribution in [3.05, 3.63) is 101 Å². The molecule has 1 saturated heterocycles. The number of aliphatic hydroxyl groups is 2. The third kappa shape index (κ3) is 13.4. The molecule has 3 aromatic rings. The number of carbonyl (C=O) groups is 1. The van der Waals surface area contributed by atoms with Gasteiger partial charge in [-0.25, -0.2) is 0 Å². The fourth-order valence-corrected chi connectivity index (χ4v) is 7.24. The maximum atomic E-state index is 12.9. The van der Waals surface area contributed by atoms with Gasteiger partial charge >= 0.3 is 0 Å². The molecule has 0 spiro atoms. The molecule has 6 atom stereocenters. The summed E-state index contributed by atoms with van der Waals surface area (Å²) in [6.07, 6.45) is 15.4. The number of aliphatic hydroxyl groups excluding tert-OH is 2. The number of anilines is 1. The Kier molecular flexibility index (Phi) is 18.3. The van der Waals surface area contributed by atoms with Crippen LogP contribution in [0.25, 0.3) is 0 Å². The van der Waals surface area contributed by atoms with Crippen LogP contribution in [0.3, 0.4) is 0 Å². The zero-order valence-electron chi connectivity index (χ0n) is 32.3. The van der Waals surface area contributed by atoms with E-state index in [4.69, 9.17) is 9.47 Å². The minimum atomic E-state index is -0.649. The van der Waals surface area contributed by atoms with Gasteiger partial charge in [0.2, 0.25) is 5.91 Å². The number of likely N-dealkylation sites (N-methyl/N-ethyl adjacent to an activating group) is 1. The van der Waals surface area contributed by atoms with E-state index in [2.05, 4.69) is 24.1 Å². The van der Waals surface area contributed by atoms with Gasteiger partial charge in [-0.05, 0) is 49.2 Å². The second kappa shape index (κ2) is 22.9. The van der Waals surface area contributed by atoms with Gasteiger partial charge in [-0.15, -0.1) is 0 Å². The van der Waals surface area contributed by atoms with Gasteiger partial charge < -0.3 is 25.0 Å². The van der Waals surface area contributed by atoms with Crippen LogP contribution >= 0.6 is 0 Å². The predicted molar refractivity (Wildman–Crippen MR) is 212 cm³/mol. The first-order valence-corrected chi connectivity index (χ1v) is 20.1. The van der Waals surface area contributed by atoms with E-state index in [0.29, 0.717) is 13.0 Å². The minimum absolute atomic E-state index is 0.00273. The Morgan fingerprint density at radius 1 is 0.788 bits per heavy atom. The summed E-state index contributed by atoms with van der Waals surface area (Å²) in [7, 11) is 2.02. The summed E-state index contributed by atoms with van der Waals surface area (Å²) in [4.78, 5) is 15.1. The van der Waals surface area contributed by atoms with E-state index in [1.807, 2.05) is 92.8 Å². The monoisotopic (exact) mass is 714 g/mol. The van der Waals surface area contributed by atoms with Crippen LogP contribution in [0.2, 0.25) is 0 Å². The summed E-state index contributed by atoms with van der Waals surface area (Å²) in [6, 6.07) is 25.3. The number of hydrogen-bond acceptors (Lipinski definition) is 6. The number of rotatable bonds is 23. The molecule has 286 valence electrons.